The second-order valence-corrected chi connectivity index (χ2v) is 5.46. The zero-order valence-electron chi connectivity index (χ0n) is 9.28. The third kappa shape index (κ3) is 4.05. The van der Waals surface area contributed by atoms with Crippen molar-refractivity contribution in [2.75, 3.05) is 0 Å². The van der Waals surface area contributed by atoms with Gasteiger partial charge in [0.2, 0.25) is 0 Å². The van der Waals surface area contributed by atoms with Crippen molar-refractivity contribution >= 4 is 11.8 Å². The van der Waals surface area contributed by atoms with Gasteiger partial charge in [0.1, 0.15) is 5.75 Å². The van der Waals surface area contributed by atoms with Crippen LogP contribution in [-0.4, -0.2) is 11.4 Å². The van der Waals surface area contributed by atoms with Crippen LogP contribution in [-0.2, 0) is 0 Å². The molecule has 1 aromatic rings. The van der Waals surface area contributed by atoms with Gasteiger partial charge in [-0.3, -0.25) is 0 Å². The predicted octanol–water partition coefficient (Wildman–Crippen LogP) is 3.97. The lowest BCUT2D eigenvalue weighted by Crippen LogP contribution is -2.05. The minimum atomic E-state index is 0.245. The monoisotopic (exact) mass is 210 g/mol. The summed E-state index contributed by atoms with van der Waals surface area (Å²) >= 11 is 1.86. The van der Waals surface area contributed by atoms with E-state index in [-0.39, 0.29) is 6.10 Å². The van der Waals surface area contributed by atoms with E-state index in [4.69, 9.17) is 4.74 Å². The Morgan fingerprint density at radius 2 is 1.86 bits per heavy atom. The molecule has 0 aliphatic rings. The summed E-state index contributed by atoms with van der Waals surface area (Å²) < 4.78 is 5.62. The van der Waals surface area contributed by atoms with Gasteiger partial charge in [0.05, 0.1) is 6.10 Å². The SMILES string of the molecule is CC(C)Oc1cccc(SC(C)C)c1. The molecule has 0 fully saturated rings. The van der Waals surface area contributed by atoms with Gasteiger partial charge >= 0.3 is 0 Å². The first-order valence-electron chi connectivity index (χ1n) is 5.01. The van der Waals surface area contributed by atoms with E-state index in [9.17, 15) is 0 Å². The van der Waals surface area contributed by atoms with Gasteiger partial charge in [-0.25, -0.2) is 0 Å². The summed E-state index contributed by atoms with van der Waals surface area (Å²) in [5, 5.41) is 0.615. The molecule has 0 saturated carbocycles. The van der Waals surface area contributed by atoms with Gasteiger partial charge in [-0.2, -0.15) is 0 Å². The normalized spacial score (nSPS) is 11.0. The maximum Gasteiger partial charge on any atom is 0.120 e. The molecule has 0 aromatic heterocycles. The number of ether oxygens (including phenoxy) is 1. The average molecular weight is 210 g/mol. The first-order valence-corrected chi connectivity index (χ1v) is 5.89. The van der Waals surface area contributed by atoms with Crippen molar-refractivity contribution < 1.29 is 4.74 Å². The molecule has 0 N–H and O–H groups in total. The van der Waals surface area contributed by atoms with Crippen molar-refractivity contribution in [3.8, 4) is 5.75 Å². The van der Waals surface area contributed by atoms with Crippen molar-refractivity contribution in [2.24, 2.45) is 0 Å². The molecule has 0 atom stereocenters. The zero-order valence-corrected chi connectivity index (χ0v) is 10.1. The van der Waals surface area contributed by atoms with Crippen molar-refractivity contribution in [3.05, 3.63) is 24.3 Å². The summed E-state index contributed by atoms with van der Waals surface area (Å²) in [4.78, 5) is 1.28. The van der Waals surface area contributed by atoms with E-state index in [0.717, 1.165) is 5.75 Å². The Morgan fingerprint density at radius 3 is 2.43 bits per heavy atom. The van der Waals surface area contributed by atoms with Crippen molar-refractivity contribution in [1.82, 2.24) is 0 Å². The Morgan fingerprint density at radius 1 is 1.14 bits per heavy atom. The molecule has 0 heterocycles. The van der Waals surface area contributed by atoms with E-state index in [0.29, 0.717) is 5.25 Å². The van der Waals surface area contributed by atoms with Gasteiger partial charge < -0.3 is 4.74 Å². The molecule has 0 bridgehead atoms. The van der Waals surface area contributed by atoms with Gasteiger partial charge in [0, 0.05) is 10.1 Å². The maximum absolute atomic E-state index is 5.62. The first kappa shape index (κ1) is 11.4. The smallest absolute Gasteiger partial charge is 0.120 e. The Labute approximate surface area is 90.9 Å². The highest BCUT2D eigenvalue weighted by Gasteiger charge is 2.01. The Hall–Kier alpha value is -0.630. The molecule has 0 aliphatic carbocycles. The maximum atomic E-state index is 5.62. The fraction of sp³-hybridized carbons (Fsp3) is 0.500. The third-order valence-electron chi connectivity index (χ3n) is 1.55. The minimum absolute atomic E-state index is 0.245. The van der Waals surface area contributed by atoms with E-state index in [1.807, 2.05) is 37.7 Å². The lowest BCUT2D eigenvalue weighted by atomic mass is 10.3. The number of hydrogen-bond donors (Lipinski definition) is 0. The summed E-state index contributed by atoms with van der Waals surface area (Å²) in [6.45, 7) is 8.48. The molecule has 1 nitrogen and oxygen atoms in total. The Kier molecular flexibility index (Phi) is 4.33. The molecular formula is C12H18OS. The number of benzene rings is 1. The van der Waals surface area contributed by atoms with Crippen molar-refractivity contribution in [1.29, 1.82) is 0 Å². The lowest BCUT2D eigenvalue weighted by molar-refractivity contribution is 0.242. The lowest BCUT2D eigenvalue weighted by Gasteiger charge is -2.11. The molecular weight excluding hydrogens is 192 g/mol. The van der Waals surface area contributed by atoms with Crippen LogP contribution in [0.4, 0.5) is 0 Å². The van der Waals surface area contributed by atoms with Crippen LogP contribution < -0.4 is 4.74 Å². The van der Waals surface area contributed by atoms with Gasteiger partial charge in [-0.15, -0.1) is 11.8 Å². The van der Waals surface area contributed by atoms with E-state index >= 15 is 0 Å². The summed E-state index contributed by atoms with van der Waals surface area (Å²) in [5.41, 5.74) is 0. The molecule has 0 radical (unpaired) electrons. The van der Waals surface area contributed by atoms with Crippen LogP contribution in [0.1, 0.15) is 27.7 Å². The minimum Gasteiger partial charge on any atom is -0.491 e. The van der Waals surface area contributed by atoms with E-state index in [1.165, 1.54) is 4.90 Å². The number of rotatable bonds is 4. The molecule has 0 saturated heterocycles. The standard InChI is InChI=1S/C12H18OS/c1-9(2)13-11-6-5-7-12(8-11)14-10(3)4/h5-10H,1-4H3. The van der Waals surface area contributed by atoms with Crippen LogP contribution in [0.25, 0.3) is 0 Å². The Balaban J connectivity index is 2.68. The van der Waals surface area contributed by atoms with Gasteiger partial charge in [-0.1, -0.05) is 19.9 Å². The third-order valence-corrected chi connectivity index (χ3v) is 2.55. The molecule has 2 heteroatoms. The van der Waals surface area contributed by atoms with Crippen molar-refractivity contribution in [2.45, 2.75) is 43.9 Å². The van der Waals surface area contributed by atoms with Crippen LogP contribution in [0.2, 0.25) is 0 Å². The van der Waals surface area contributed by atoms with Crippen LogP contribution in [0.15, 0.2) is 29.2 Å². The largest absolute Gasteiger partial charge is 0.491 e. The summed E-state index contributed by atoms with van der Waals surface area (Å²) in [5.74, 6) is 0.964. The van der Waals surface area contributed by atoms with E-state index in [1.54, 1.807) is 0 Å². The molecule has 0 spiro atoms. The number of hydrogen-bond acceptors (Lipinski definition) is 2. The van der Waals surface area contributed by atoms with E-state index in [2.05, 4.69) is 26.0 Å². The molecule has 0 amide bonds. The molecule has 1 aromatic carbocycles. The molecule has 14 heavy (non-hydrogen) atoms. The quantitative estimate of drug-likeness (QED) is 0.695. The summed E-state index contributed by atoms with van der Waals surface area (Å²) in [6, 6.07) is 8.27. The predicted molar refractivity (Wildman–Crippen MR) is 63.2 cm³/mol. The fourth-order valence-electron chi connectivity index (χ4n) is 1.17. The van der Waals surface area contributed by atoms with Crippen molar-refractivity contribution in [3.63, 3.8) is 0 Å². The van der Waals surface area contributed by atoms with Crippen LogP contribution in [0.3, 0.4) is 0 Å². The zero-order chi connectivity index (χ0) is 10.6. The van der Waals surface area contributed by atoms with Gasteiger partial charge in [0.25, 0.3) is 0 Å². The fourth-order valence-corrected chi connectivity index (χ4v) is 2.05. The van der Waals surface area contributed by atoms with Crippen LogP contribution in [0, 0.1) is 0 Å². The van der Waals surface area contributed by atoms with Crippen LogP contribution >= 0.6 is 11.8 Å². The highest BCUT2D eigenvalue weighted by Crippen LogP contribution is 2.26. The summed E-state index contributed by atoms with van der Waals surface area (Å²) in [6.07, 6.45) is 0.245. The Bertz CT molecular complexity index is 256. The first-order chi connectivity index (χ1) is 6.58. The van der Waals surface area contributed by atoms with Gasteiger partial charge in [-0.05, 0) is 32.0 Å². The van der Waals surface area contributed by atoms with E-state index < -0.39 is 0 Å². The molecule has 0 aliphatic heterocycles. The molecule has 78 valence electrons. The highest BCUT2D eigenvalue weighted by molar-refractivity contribution is 7.99. The summed E-state index contributed by atoms with van der Waals surface area (Å²) in [7, 11) is 0. The molecule has 1 rings (SSSR count). The highest BCUT2D eigenvalue weighted by atomic mass is 32.2. The van der Waals surface area contributed by atoms with Gasteiger partial charge in [0.15, 0.2) is 0 Å². The number of thioether (sulfide) groups is 1. The second kappa shape index (κ2) is 5.30. The second-order valence-electron chi connectivity index (χ2n) is 3.81. The molecule has 0 unspecified atom stereocenters. The van der Waals surface area contributed by atoms with Crippen LogP contribution in [0.5, 0.6) is 5.75 Å². The average Bonchev–Trinajstić information content (AvgIpc) is 2.01. The topological polar surface area (TPSA) is 9.23 Å².